The minimum Gasteiger partial charge on any atom is -0.459 e. The molecular weight excluding hydrogens is 417 g/mol. The van der Waals surface area contributed by atoms with Gasteiger partial charge in [0.05, 0.1) is 19.0 Å². The Morgan fingerprint density at radius 2 is 1.69 bits per heavy atom. The minimum absolute atomic E-state index is 0.0286. The number of benzene rings is 2. The second kappa shape index (κ2) is 9.23. The van der Waals surface area contributed by atoms with Crippen LogP contribution in [-0.2, 0) is 6.54 Å². The average molecular weight is 435 g/mol. The third-order valence-electron chi connectivity index (χ3n) is 4.54. The summed E-state index contributed by atoms with van der Waals surface area (Å²) in [7, 11) is 0. The third kappa shape index (κ3) is 4.87. The Morgan fingerprint density at radius 1 is 1.00 bits per heavy atom. The van der Waals surface area contributed by atoms with E-state index < -0.39 is 17.8 Å². The summed E-state index contributed by atoms with van der Waals surface area (Å²) in [5.74, 6) is -1.24. The number of aromatic nitrogens is 3. The molecule has 162 valence electrons. The van der Waals surface area contributed by atoms with Crippen LogP contribution in [0.1, 0.15) is 32.7 Å². The highest BCUT2D eigenvalue weighted by Crippen LogP contribution is 2.19. The van der Waals surface area contributed by atoms with Crippen molar-refractivity contribution in [1.29, 1.82) is 0 Å². The van der Waals surface area contributed by atoms with Crippen molar-refractivity contribution in [2.45, 2.75) is 12.6 Å². The van der Waals surface area contributed by atoms with E-state index in [2.05, 4.69) is 20.9 Å². The number of anilines is 2. The van der Waals surface area contributed by atoms with Crippen LogP contribution in [0, 0.1) is 5.82 Å². The minimum atomic E-state index is -1.14. The normalized spacial score (nSPS) is 11.7. The third-order valence-corrected chi connectivity index (χ3v) is 4.54. The van der Waals surface area contributed by atoms with Gasteiger partial charge >= 0.3 is 0 Å². The van der Waals surface area contributed by atoms with E-state index in [-0.39, 0.29) is 29.5 Å². The SMILES string of the molecule is O=C(Nc1ccc(NC(=O)c2ccco2)cc1)c1cn(C[C@H](O)c2ccccc2F)nn1. The van der Waals surface area contributed by atoms with Crippen LogP contribution in [0.5, 0.6) is 0 Å². The lowest BCUT2D eigenvalue weighted by atomic mass is 10.1. The lowest BCUT2D eigenvalue weighted by Crippen LogP contribution is -2.13. The summed E-state index contributed by atoms with van der Waals surface area (Å²) in [6, 6.07) is 15.5. The van der Waals surface area contributed by atoms with Gasteiger partial charge in [-0.25, -0.2) is 9.07 Å². The van der Waals surface area contributed by atoms with Crippen molar-refractivity contribution in [3.8, 4) is 0 Å². The van der Waals surface area contributed by atoms with E-state index in [1.807, 2.05) is 0 Å². The molecule has 0 aliphatic carbocycles. The molecule has 4 aromatic rings. The number of carbonyl (C=O) groups excluding carboxylic acids is 2. The Morgan fingerprint density at radius 3 is 2.34 bits per heavy atom. The van der Waals surface area contributed by atoms with Gasteiger partial charge in [-0.2, -0.15) is 0 Å². The van der Waals surface area contributed by atoms with Crippen LogP contribution in [0.3, 0.4) is 0 Å². The molecule has 0 bridgehead atoms. The van der Waals surface area contributed by atoms with Gasteiger partial charge in [-0.1, -0.05) is 23.4 Å². The van der Waals surface area contributed by atoms with Crippen molar-refractivity contribution in [1.82, 2.24) is 15.0 Å². The number of amides is 2. The standard InChI is InChI=1S/C22H18FN5O4/c23-17-5-2-1-4-16(17)19(29)13-28-12-18(26-27-28)21(30)24-14-7-9-15(10-8-14)25-22(31)20-6-3-11-32-20/h1-12,19,29H,13H2,(H,24,30)(H,25,31)/t19-/m0/s1. The number of hydrogen-bond acceptors (Lipinski definition) is 6. The van der Waals surface area contributed by atoms with Crippen molar-refractivity contribution in [2.24, 2.45) is 0 Å². The first kappa shape index (κ1) is 20.9. The van der Waals surface area contributed by atoms with E-state index in [4.69, 9.17) is 4.42 Å². The summed E-state index contributed by atoms with van der Waals surface area (Å²) in [5.41, 5.74) is 1.17. The summed E-state index contributed by atoms with van der Waals surface area (Å²) < 4.78 is 20.1. The molecule has 10 heteroatoms. The molecule has 2 aromatic heterocycles. The van der Waals surface area contributed by atoms with Crippen LogP contribution < -0.4 is 10.6 Å². The summed E-state index contributed by atoms with van der Waals surface area (Å²) in [5, 5.41) is 23.2. The molecule has 2 amide bonds. The van der Waals surface area contributed by atoms with Gasteiger partial charge in [0.2, 0.25) is 0 Å². The molecular formula is C22H18FN5O4. The Kier molecular flexibility index (Phi) is 6.04. The van der Waals surface area contributed by atoms with E-state index >= 15 is 0 Å². The molecule has 0 unspecified atom stereocenters. The van der Waals surface area contributed by atoms with Gasteiger partial charge in [0, 0.05) is 16.9 Å². The lowest BCUT2D eigenvalue weighted by molar-refractivity contribution is 0.0994. The molecule has 3 N–H and O–H groups in total. The molecule has 0 saturated heterocycles. The molecule has 0 radical (unpaired) electrons. The topological polar surface area (TPSA) is 122 Å². The maximum atomic E-state index is 13.8. The Bertz CT molecular complexity index is 1220. The summed E-state index contributed by atoms with van der Waals surface area (Å²) >= 11 is 0. The van der Waals surface area contributed by atoms with Gasteiger partial charge in [-0.15, -0.1) is 5.10 Å². The highest BCUT2D eigenvalue weighted by atomic mass is 19.1. The first-order valence-electron chi connectivity index (χ1n) is 9.58. The monoisotopic (exact) mass is 435 g/mol. The predicted molar refractivity (Wildman–Crippen MR) is 112 cm³/mol. The van der Waals surface area contributed by atoms with E-state index in [1.54, 1.807) is 42.5 Å². The molecule has 32 heavy (non-hydrogen) atoms. The number of carbonyl (C=O) groups is 2. The molecule has 0 saturated carbocycles. The van der Waals surface area contributed by atoms with Crippen molar-refractivity contribution in [3.05, 3.63) is 96.0 Å². The summed E-state index contributed by atoms with van der Waals surface area (Å²) in [4.78, 5) is 24.4. The molecule has 2 aromatic carbocycles. The molecule has 0 fully saturated rings. The maximum absolute atomic E-state index is 13.8. The van der Waals surface area contributed by atoms with Crippen LogP contribution >= 0.6 is 0 Å². The quantitative estimate of drug-likeness (QED) is 0.410. The first-order chi connectivity index (χ1) is 15.5. The molecule has 0 aliphatic heterocycles. The van der Waals surface area contributed by atoms with E-state index in [0.717, 1.165) is 0 Å². The Hall–Kier alpha value is -4.31. The van der Waals surface area contributed by atoms with E-state index in [0.29, 0.717) is 11.4 Å². The van der Waals surface area contributed by atoms with Crippen LogP contribution in [0.4, 0.5) is 15.8 Å². The smallest absolute Gasteiger partial charge is 0.291 e. The van der Waals surface area contributed by atoms with Gasteiger partial charge in [-0.3, -0.25) is 9.59 Å². The zero-order valence-electron chi connectivity index (χ0n) is 16.6. The van der Waals surface area contributed by atoms with Crippen molar-refractivity contribution in [2.75, 3.05) is 10.6 Å². The Balaban J connectivity index is 1.34. The van der Waals surface area contributed by atoms with Crippen molar-refractivity contribution in [3.63, 3.8) is 0 Å². The lowest BCUT2D eigenvalue weighted by Gasteiger charge is -2.11. The van der Waals surface area contributed by atoms with Crippen molar-refractivity contribution >= 4 is 23.2 Å². The highest BCUT2D eigenvalue weighted by Gasteiger charge is 2.16. The zero-order chi connectivity index (χ0) is 22.5. The fourth-order valence-corrected chi connectivity index (χ4v) is 2.95. The number of hydrogen-bond donors (Lipinski definition) is 3. The highest BCUT2D eigenvalue weighted by molar-refractivity contribution is 6.04. The van der Waals surface area contributed by atoms with Gasteiger partial charge in [0.15, 0.2) is 11.5 Å². The molecule has 1 atom stereocenters. The number of aliphatic hydroxyl groups is 1. The zero-order valence-corrected chi connectivity index (χ0v) is 16.6. The average Bonchev–Trinajstić information content (AvgIpc) is 3.48. The summed E-state index contributed by atoms with van der Waals surface area (Å²) in [6.45, 7) is -0.0642. The summed E-state index contributed by atoms with van der Waals surface area (Å²) in [6.07, 6.45) is 1.62. The van der Waals surface area contributed by atoms with Gasteiger partial charge < -0.3 is 20.2 Å². The maximum Gasteiger partial charge on any atom is 0.291 e. The van der Waals surface area contributed by atoms with E-state index in [9.17, 15) is 19.1 Å². The van der Waals surface area contributed by atoms with Gasteiger partial charge in [0.1, 0.15) is 11.9 Å². The fourth-order valence-electron chi connectivity index (χ4n) is 2.95. The number of nitrogens with one attached hydrogen (secondary N) is 2. The molecule has 4 rings (SSSR count). The number of nitrogens with zero attached hydrogens (tertiary/aromatic N) is 3. The van der Waals surface area contributed by atoms with Gasteiger partial charge in [-0.05, 0) is 42.5 Å². The van der Waals surface area contributed by atoms with Crippen LogP contribution in [-0.4, -0.2) is 31.9 Å². The van der Waals surface area contributed by atoms with Crippen LogP contribution in [0.25, 0.3) is 0 Å². The number of rotatable bonds is 7. The fraction of sp³-hybridized carbons (Fsp3) is 0.0909. The molecule has 0 spiro atoms. The first-order valence-corrected chi connectivity index (χ1v) is 9.58. The Labute approximate surface area is 181 Å². The number of furan rings is 1. The predicted octanol–water partition coefficient (Wildman–Crippen LogP) is 3.25. The molecule has 2 heterocycles. The number of halogens is 1. The molecule has 9 nitrogen and oxygen atoms in total. The van der Waals surface area contributed by atoms with Gasteiger partial charge in [0.25, 0.3) is 11.8 Å². The molecule has 0 aliphatic rings. The van der Waals surface area contributed by atoms with Crippen LogP contribution in [0.2, 0.25) is 0 Å². The van der Waals surface area contributed by atoms with E-state index in [1.165, 1.54) is 35.3 Å². The van der Waals surface area contributed by atoms with Crippen molar-refractivity contribution < 1.29 is 23.5 Å². The van der Waals surface area contributed by atoms with Crippen LogP contribution in [0.15, 0.2) is 77.5 Å². The number of aliphatic hydroxyl groups excluding tert-OH is 1. The second-order valence-corrected chi connectivity index (χ2v) is 6.83. The second-order valence-electron chi connectivity index (χ2n) is 6.83. The largest absolute Gasteiger partial charge is 0.459 e.